The van der Waals surface area contributed by atoms with Crippen molar-refractivity contribution in [1.29, 1.82) is 0 Å². The maximum atomic E-state index is 12.2. The van der Waals surface area contributed by atoms with E-state index in [0.29, 0.717) is 10.7 Å². The zero-order valence-electron chi connectivity index (χ0n) is 12.0. The molecular weight excluding hydrogens is 322 g/mol. The zero-order chi connectivity index (χ0) is 17.0. The summed E-state index contributed by atoms with van der Waals surface area (Å²) in [7, 11) is 0. The molecule has 0 saturated carbocycles. The lowest BCUT2D eigenvalue weighted by atomic mass is 10.1. The largest absolute Gasteiger partial charge is 0.326 e. The Morgan fingerprint density at radius 3 is 2.39 bits per heavy atom. The van der Waals surface area contributed by atoms with Crippen LogP contribution in [0.4, 0.5) is 17.1 Å². The van der Waals surface area contributed by atoms with Gasteiger partial charge in [0.1, 0.15) is 5.56 Å². The molecule has 0 saturated heterocycles. The number of halogens is 1. The van der Waals surface area contributed by atoms with Crippen LogP contribution >= 0.6 is 11.6 Å². The minimum absolute atomic E-state index is 0.121. The molecule has 0 aliphatic carbocycles. The van der Waals surface area contributed by atoms with Crippen molar-refractivity contribution in [1.82, 2.24) is 0 Å². The Labute approximate surface area is 136 Å². The summed E-state index contributed by atoms with van der Waals surface area (Å²) in [6.07, 6.45) is 0. The van der Waals surface area contributed by atoms with Gasteiger partial charge in [-0.25, -0.2) is 0 Å². The molecule has 2 amide bonds. The molecule has 8 heteroatoms. The molecule has 2 aromatic carbocycles. The fourth-order valence-corrected chi connectivity index (χ4v) is 2.11. The van der Waals surface area contributed by atoms with Crippen LogP contribution < -0.4 is 10.6 Å². The van der Waals surface area contributed by atoms with Crippen LogP contribution in [0, 0.1) is 10.1 Å². The van der Waals surface area contributed by atoms with Crippen LogP contribution in [-0.2, 0) is 4.79 Å². The first-order valence-electron chi connectivity index (χ1n) is 6.50. The van der Waals surface area contributed by atoms with Gasteiger partial charge in [0.25, 0.3) is 11.6 Å². The first-order valence-corrected chi connectivity index (χ1v) is 6.87. The van der Waals surface area contributed by atoms with Crippen LogP contribution in [0.25, 0.3) is 0 Å². The standard InChI is InChI=1S/C15H12ClN3O4/c1-9(20)17-12-5-6-13(14(8-12)19(22)23)15(21)18-11-4-2-3-10(16)7-11/h2-8H,1H3,(H,17,20)(H,18,21). The Morgan fingerprint density at radius 2 is 1.78 bits per heavy atom. The van der Waals surface area contributed by atoms with Gasteiger partial charge < -0.3 is 10.6 Å². The minimum atomic E-state index is -0.682. The van der Waals surface area contributed by atoms with Gasteiger partial charge in [0.05, 0.1) is 4.92 Å². The molecule has 2 N–H and O–H groups in total. The number of nitrogens with zero attached hydrogens (tertiary/aromatic N) is 1. The zero-order valence-corrected chi connectivity index (χ0v) is 12.8. The van der Waals surface area contributed by atoms with Crippen molar-refractivity contribution < 1.29 is 14.5 Å². The Morgan fingerprint density at radius 1 is 1.09 bits per heavy atom. The molecule has 2 rings (SSSR count). The van der Waals surface area contributed by atoms with Gasteiger partial charge in [0, 0.05) is 29.4 Å². The van der Waals surface area contributed by atoms with Gasteiger partial charge in [-0.1, -0.05) is 17.7 Å². The van der Waals surface area contributed by atoms with Gasteiger partial charge in [-0.15, -0.1) is 0 Å². The van der Waals surface area contributed by atoms with E-state index < -0.39 is 16.5 Å². The number of amides is 2. The second-order valence-electron chi connectivity index (χ2n) is 4.63. The van der Waals surface area contributed by atoms with Crippen molar-refractivity contribution in [2.45, 2.75) is 6.92 Å². The summed E-state index contributed by atoms with van der Waals surface area (Å²) >= 11 is 5.83. The molecule has 0 unspecified atom stereocenters. The van der Waals surface area contributed by atoms with Gasteiger partial charge in [0.2, 0.25) is 5.91 Å². The second-order valence-corrected chi connectivity index (χ2v) is 5.07. The minimum Gasteiger partial charge on any atom is -0.326 e. The van der Waals surface area contributed by atoms with Crippen molar-refractivity contribution in [2.75, 3.05) is 10.6 Å². The maximum absolute atomic E-state index is 12.2. The van der Waals surface area contributed by atoms with Crippen LogP contribution in [0.2, 0.25) is 5.02 Å². The van der Waals surface area contributed by atoms with E-state index in [0.717, 1.165) is 6.07 Å². The number of nitro benzene ring substituents is 1. The monoisotopic (exact) mass is 333 g/mol. The Balaban J connectivity index is 2.32. The molecule has 0 fully saturated rings. The number of carbonyl (C=O) groups excluding carboxylic acids is 2. The van der Waals surface area contributed by atoms with E-state index in [9.17, 15) is 19.7 Å². The van der Waals surface area contributed by atoms with E-state index in [1.54, 1.807) is 18.2 Å². The second kappa shape index (κ2) is 6.89. The molecule has 0 radical (unpaired) electrons. The van der Waals surface area contributed by atoms with Crippen molar-refractivity contribution in [3.05, 3.63) is 63.2 Å². The van der Waals surface area contributed by atoms with E-state index in [1.165, 1.54) is 25.1 Å². The Kier molecular flexibility index (Phi) is 4.92. The summed E-state index contributed by atoms with van der Waals surface area (Å²) in [5.41, 5.74) is 0.131. The van der Waals surface area contributed by atoms with Gasteiger partial charge in [-0.3, -0.25) is 19.7 Å². The summed E-state index contributed by atoms with van der Waals surface area (Å²) in [6.45, 7) is 1.28. The third kappa shape index (κ3) is 4.27. The van der Waals surface area contributed by atoms with E-state index in [1.807, 2.05) is 0 Å². The molecule has 0 heterocycles. The number of hydrogen-bond donors (Lipinski definition) is 2. The highest BCUT2D eigenvalue weighted by Crippen LogP contribution is 2.25. The third-order valence-electron chi connectivity index (χ3n) is 2.84. The van der Waals surface area contributed by atoms with E-state index >= 15 is 0 Å². The molecule has 0 atom stereocenters. The van der Waals surface area contributed by atoms with Crippen LogP contribution in [-0.4, -0.2) is 16.7 Å². The van der Waals surface area contributed by atoms with Crippen molar-refractivity contribution in [3.63, 3.8) is 0 Å². The quantitative estimate of drug-likeness (QED) is 0.660. The molecular formula is C15H12ClN3O4. The Hall–Kier alpha value is -2.93. The molecule has 23 heavy (non-hydrogen) atoms. The predicted molar refractivity (Wildman–Crippen MR) is 86.8 cm³/mol. The normalized spacial score (nSPS) is 10.0. The molecule has 7 nitrogen and oxygen atoms in total. The molecule has 0 aliphatic heterocycles. The van der Waals surface area contributed by atoms with Crippen LogP contribution in [0.5, 0.6) is 0 Å². The fourth-order valence-electron chi connectivity index (χ4n) is 1.92. The number of hydrogen-bond acceptors (Lipinski definition) is 4. The summed E-state index contributed by atoms with van der Waals surface area (Å²) < 4.78 is 0. The van der Waals surface area contributed by atoms with Crippen molar-refractivity contribution >= 4 is 40.5 Å². The highest BCUT2D eigenvalue weighted by molar-refractivity contribution is 6.31. The highest BCUT2D eigenvalue weighted by Gasteiger charge is 2.21. The predicted octanol–water partition coefficient (Wildman–Crippen LogP) is 3.46. The third-order valence-corrected chi connectivity index (χ3v) is 3.08. The highest BCUT2D eigenvalue weighted by atomic mass is 35.5. The molecule has 118 valence electrons. The van der Waals surface area contributed by atoms with E-state index in [2.05, 4.69) is 10.6 Å². The molecule has 0 spiro atoms. The number of nitrogens with one attached hydrogen (secondary N) is 2. The number of nitro groups is 1. The average Bonchev–Trinajstić information content (AvgIpc) is 2.46. The van der Waals surface area contributed by atoms with Crippen LogP contribution in [0.15, 0.2) is 42.5 Å². The number of anilines is 2. The first kappa shape index (κ1) is 16.4. The van der Waals surface area contributed by atoms with Gasteiger partial charge in [0.15, 0.2) is 0 Å². The van der Waals surface area contributed by atoms with Crippen LogP contribution in [0.3, 0.4) is 0 Å². The lowest BCUT2D eigenvalue weighted by molar-refractivity contribution is -0.385. The maximum Gasteiger partial charge on any atom is 0.284 e. The number of carbonyl (C=O) groups is 2. The smallest absolute Gasteiger partial charge is 0.284 e. The van der Waals surface area contributed by atoms with Crippen molar-refractivity contribution in [2.24, 2.45) is 0 Å². The molecule has 0 aliphatic rings. The lowest BCUT2D eigenvalue weighted by Crippen LogP contribution is -2.14. The van der Waals surface area contributed by atoms with E-state index in [4.69, 9.17) is 11.6 Å². The topological polar surface area (TPSA) is 101 Å². The van der Waals surface area contributed by atoms with Gasteiger partial charge in [-0.05, 0) is 30.3 Å². The Bertz CT molecular complexity index is 792. The van der Waals surface area contributed by atoms with Gasteiger partial charge in [-0.2, -0.15) is 0 Å². The number of rotatable bonds is 4. The molecule has 2 aromatic rings. The first-order chi connectivity index (χ1) is 10.9. The lowest BCUT2D eigenvalue weighted by Gasteiger charge is -2.08. The van der Waals surface area contributed by atoms with Crippen molar-refractivity contribution in [3.8, 4) is 0 Å². The average molecular weight is 334 g/mol. The number of benzene rings is 2. The van der Waals surface area contributed by atoms with Gasteiger partial charge >= 0.3 is 0 Å². The molecule has 0 bridgehead atoms. The summed E-state index contributed by atoms with van der Waals surface area (Å²) in [5, 5.41) is 16.6. The fraction of sp³-hybridized carbons (Fsp3) is 0.0667. The SMILES string of the molecule is CC(=O)Nc1ccc(C(=O)Nc2cccc(Cl)c2)c([N+](=O)[O-])c1. The van der Waals surface area contributed by atoms with Crippen LogP contribution in [0.1, 0.15) is 17.3 Å². The summed E-state index contributed by atoms with van der Waals surface area (Å²) in [4.78, 5) is 33.7. The summed E-state index contributed by atoms with van der Waals surface area (Å²) in [5.74, 6) is -1.01. The summed E-state index contributed by atoms with van der Waals surface area (Å²) in [6, 6.07) is 10.3. The molecule has 0 aromatic heterocycles. The van der Waals surface area contributed by atoms with E-state index in [-0.39, 0.29) is 17.2 Å².